The predicted octanol–water partition coefficient (Wildman–Crippen LogP) is 2.00. The molecule has 0 unspecified atom stereocenters. The van der Waals surface area contributed by atoms with Gasteiger partial charge in [0.05, 0.1) is 16.5 Å². The van der Waals surface area contributed by atoms with Crippen molar-refractivity contribution in [2.45, 2.75) is 12.7 Å². The Kier molecular flexibility index (Phi) is 2.80. The summed E-state index contributed by atoms with van der Waals surface area (Å²) in [4.78, 5) is 0. The number of halogens is 1. The summed E-state index contributed by atoms with van der Waals surface area (Å²) >= 11 is 5.18. The van der Waals surface area contributed by atoms with Gasteiger partial charge in [0.2, 0.25) is 0 Å². The van der Waals surface area contributed by atoms with Crippen LogP contribution in [0.1, 0.15) is 5.56 Å². The van der Waals surface area contributed by atoms with E-state index in [4.69, 9.17) is 4.74 Å². The molecule has 0 atom stereocenters. The van der Waals surface area contributed by atoms with E-state index in [0.717, 1.165) is 19.7 Å². The molecule has 1 aliphatic heterocycles. The summed E-state index contributed by atoms with van der Waals surface area (Å²) in [6.45, 7) is 2.74. The third kappa shape index (κ3) is 1.88. The van der Waals surface area contributed by atoms with Crippen molar-refractivity contribution in [2.75, 3.05) is 13.1 Å². The normalized spacial score (nSPS) is 17.8. The average molecular weight is 248 g/mol. The molecule has 2 nitrogen and oxygen atoms in total. The second kappa shape index (κ2) is 3.87. The highest BCUT2D eigenvalue weighted by molar-refractivity contribution is 9.11. The van der Waals surface area contributed by atoms with E-state index in [1.54, 1.807) is 11.3 Å². The van der Waals surface area contributed by atoms with Gasteiger partial charge >= 0.3 is 0 Å². The summed E-state index contributed by atoms with van der Waals surface area (Å²) in [6, 6.07) is 2.10. The van der Waals surface area contributed by atoms with Crippen molar-refractivity contribution in [2.24, 2.45) is 0 Å². The second-order valence-corrected chi connectivity index (χ2v) is 5.04. The molecule has 12 heavy (non-hydrogen) atoms. The Morgan fingerprint density at radius 3 is 3.00 bits per heavy atom. The Morgan fingerprint density at radius 2 is 2.50 bits per heavy atom. The average Bonchev–Trinajstić information content (AvgIpc) is 2.33. The maximum absolute atomic E-state index is 5.62. The van der Waals surface area contributed by atoms with Crippen LogP contribution in [0.2, 0.25) is 0 Å². The van der Waals surface area contributed by atoms with E-state index in [2.05, 4.69) is 32.7 Å². The van der Waals surface area contributed by atoms with Crippen molar-refractivity contribution in [3.05, 3.63) is 20.8 Å². The van der Waals surface area contributed by atoms with Gasteiger partial charge in [0.15, 0.2) is 0 Å². The van der Waals surface area contributed by atoms with Crippen LogP contribution in [0.3, 0.4) is 0 Å². The number of nitrogens with one attached hydrogen (secondary N) is 1. The van der Waals surface area contributed by atoms with E-state index in [9.17, 15) is 0 Å². The first-order chi connectivity index (χ1) is 5.86. The molecule has 2 heterocycles. The zero-order valence-corrected chi connectivity index (χ0v) is 8.95. The first-order valence-electron chi connectivity index (χ1n) is 3.90. The smallest absolute Gasteiger partial charge is 0.0828 e. The molecule has 1 N–H and O–H groups in total. The van der Waals surface area contributed by atoms with E-state index in [0.29, 0.717) is 6.10 Å². The Morgan fingerprint density at radius 1 is 1.67 bits per heavy atom. The summed E-state index contributed by atoms with van der Waals surface area (Å²) in [7, 11) is 0. The minimum absolute atomic E-state index is 0.428. The van der Waals surface area contributed by atoms with Gasteiger partial charge in [-0.05, 0) is 27.4 Å². The fraction of sp³-hybridized carbons (Fsp3) is 0.500. The quantitative estimate of drug-likeness (QED) is 0.883. The van der Waals surface area contributed by atoms with Crippen LogP contribution in [0.15, 0.2) is 15.2 Å². The standard InChI is InChI=1S/C8H10BrNOS/c9-8-6(1-2-12-8)5-11-7-3-10-4-7/h1-2,7,10H,3-5H2. The minimum Gasteiger partial charge on any atom is -0.371 e. The molecule has 0 amide bonds. The third-order valence-corrected chi connectivity index (χ3v) is 3.72. The highest BCUT2D eigenvalue weighted by atomic mass is 79.9. The Bertz CT molecular complexity index is 259. The largest absolute Gasteiger partial charge is 0.371 e. The Balaban J connectivity index is 1.82. The zero-order chi connectivity index (χ0) is 8.39. The Hall–Kier alpha value is 0.1000. The van der Waals surface area contributed by atoms with E-state index in [-0.39, 0.29) is 0 Å². The highest BCUT2D eigenvalue weighted by Crippen LogP contribution is 2.24. The summed E-state index contributed by atoms with van der Waals surface area (Å²) in [6.07, 6.45) is 0.428. The molecule has 0 aliphatic carbocycles. The van der Waals surface area contributed by atoms with Crippen LogP contribution in [0.5, 0.6) is 0 Å². The molecular formula is C8H10BrNOS. The molecule has 0 saturated carbocycles. The van der Waals surface area contributed by atoms with Crippen molar-refractivity contribution in [1.82, 2.24) is 5.32 Å². The van der Waals surface area contributed by atoms with E-state index < -0.39 is 0 Å². The molecule has 1 aromatic rings. The van der Waals surface area contributed by atoms with Crippen LogP contribution >= 0.6 is 27.3 Å². The summed E-state index contributed by atoms with van der Waals surface area (Å²) in [5.41, 5.74) is 1.26. The van der Waals surface area contributed by atoms with Crippen molar-refractivity contribution < 1.29 is 4.74 Å². The number of hydrogen-bond acceptors (Lipinski definition) is 3. The topological polar surface area (TPSA) is 21.3 Å². The van der Waals surface area contributed by atoms with Gasteiger partial charge in [-0.1, -0.05) is 0 Å². The molecule has 1 fully saturated rings. The van der Waals surface area contributed by atoms with Crippen LogP contribution in [-0.2, 0) is 11.3 Å². The number of thiophene rings is 1. The lowest BCUT2D eigenvalue weighted by molar-refractivity contribution is 0.00751. The van der Waals surface area contributed by atoms with Gasteiger partial charge in [0.1, 0.15) is 0 Å². The molecule has 4 heteroatoms. The minimum atomic E-state index is 0.428. The van der Waals surface area contributed by atoms with Crippen LogP contribution in [-0.4, -0.2) is 19.2 Å². The van der Waals surface area contributed by atoms with Crippen molar-refractivity contribution >= 4 is 27.3 Å². The van der Waals surface area contributed by atoms with Crippen molar-refractivity contribution in [3.8, 4) is 0 Å². The van der Waals surface area contributed by atoms with Crippen LogP contribution < -0.4 is 5.32 Å². The molecule has 2 rings (SSSR count). The van der Waals surface area contributed by atoms with Gasteiger partial charge in [-0.15, -0.1) is 11.3 Å². The van der Waals surface area contributed by atoms with Gasteiger partial charge in [-0.3, -0.25) is 0 Å². The maximum atomic E-state index is 5.62. The zero-order valence-electron chi connectivity index (χ0n) is 6.55. The predicted molar refractivity (Wildman–Crippen MR) is 53.5 cm³/mol. The van der Waals surface area contributed by atoms with E-state index in [1.165, 1.54) is 9.35 Å². The fourth-order valence-corrected chi connectivity index (χ4v) is 2.21. The van der Waals surface area contributed by atoms with Crippen molar-refractivity contribution in [3.63, 3.8) is 0 Å². The molecule has 0 aromatic carbocycles. The maximum Gasteiger partial charge on any atom is 0.0828 e. The summed E-state index contributed by atoms with van der Waals surface area (Å²) < 4.78 is 6.81. The highest BCUT2D eigenvalue weighted by Gasteiger charge is 2.17. The second-order valence-electron chi connectivity index (χ2n) is 2.81. The van der Waals surface area contributed by atoms with E-state index in [1.807, 2.05) is 0 Å². The van der Waals surface area contributed by atoms with Crippen molar-refractivity contribution in [1.29, 1.82) is 0 Å². The monoisotopic (exact) mass is 247 g/mol. The first kappa shape index (κ1) is 8.69. The fourth-order valence-electron chi connectivity index (χ4n) is 1.01. The molecule has 1 aliphatic rings. The summed E-state index contributed by atoms with van der Waals surface area (Å²) in [5, 5.41) is 5.24. The summed E-state index contributed by atoms with van der Waals surface area (Å²) in [5.74, 6) is 0. The first-order valence-corrected chi connectivity index (χ1v) is 5.58. The molecule has 0 bridgehead atoms. The van der Waals surface area contributed by atoms with Crippen LogP contribution in [0.4, 0.5) is 0 Å². The molecule has 66 valence electrons. The molecule has 1 aromatic heterocycles. The molecule has 0 radical (unpaired) electrons. The van der Waals surface area contributed by atoms with Gasteiger partial charge in [0.25, 0.3) is 0 Å². The van der Waals surface area contributed by atoms with E-state index >= 15 is 0 Å². The van der Waals surface area contributed by atoms with Crippen LogP contribution in [0, 0.1) is 0 Å². The number of hydrogen-bond donors (Lipinski definition) is 1. The lowest BCUT2D eigenvalue weighted by atomic mass is 10.2. The van der Waals surface area contributed by atoms with Gasteiger partial charge in [-0.2, -0.15) is 0 Å². The molecule has 0 spiro atoms. The lowest BCUT2D eigenvalue weighted by Gasteiger charge is -2.26. The van der Waals surface area contributed by atoms with Gasteiger partial charge < -0.3 is 10.1 Å². The Labute approximate surface area is 84.1 Å². The van der Waals surface area contributed by atoms with Gasteiger partial charge in [0, 0.05) is 18.7 Å². The van der Waals surface area contributed by atoms with Gasteiger partial charge in [-0.25, -0.2) is 0 Å². The lowest BCUT2D eigenvalue weighted by Crippen LogP contribution is -2.48. The number of ether oxygens (including phenoxy) is 1. The molecule has 1 saturated heterocycles. The third-order valence-electron chi connectivity index (χ3n) is 1.91. The molecular weight excluding hydrogens is 238 g/mol. The van der Waals surface area contributed by atoms with Crippen LogP contribution in [0.25, 0.3) is 0 Å². The number of rotatable bonds is 3. The SMILES string of the molecule is Brc1sccc1COC1CNC1.